The maximum Gasteiger partial charge on any atom is 0.255 e. The van der Waals surface area contributed by atoms with Crippen LogP contribution in [0.2, 0.25) is 0 Å². The standard InChI is InChI=1S/C25H26FN3O3/c1-16-14-29(15-17(2)31-16)24-12-9-20(13-27-24)28-25(30)23-6-4-5-22(18(23)3)19-7-10-21(32-26)11-8-19/h4-13,16-17H,14-15H2,1-3H3,(H,28,30)/t16-,17+. The molecule has 1 aliphatic rings. The number of anilines is 2. The molecule has 2 aromatic carbocycles. The number of amides is 1. The highest BCUT2D eigenvalue weighted by molar-refractivity contribution is 6.06. The van der Waals surface area contributed by atoms with E-state index in [0.29, 0.717) is 11.3 Å². The summed E-state index contributed by atoms with van der Waals surface area (Å²) in [4.78, 5) is 23.4. The summed E-state index contributed by atoms with van der Waals surface area (Å²) in [6, 6.07) is 15.9. The Hall–Kier alpha value is -3.45. The highest BCUT2D eigenvalue weighted by Crippen LogP contribution is 2.28. The van der Waals surface area contributed by atoms with Gasteiger partial charge in [-0.05, 0) is 67.8 Å². The predicted octanol–water partition coefficient (Wildman–Crippen LogP) is 5.19. The van der Waals surface area contributed by atoms with Crippen molar-refractivity contribution in [3.8, 4) is 16.9 Å². The van der Waals surface area contributed by atoms with E-state index in [2.05, 4.69) is 34.0 Å². The molecule has 2 heterocycles. The van der Waals surface area contributed by atoms with Gasteiger partial charge in [-0.15, -0.1) is 0 Å². The maximum atomic E-state index is 13.0. The lowest BCUT2D eigenvalue weighted by molar-refractivity contribution is -0.00618. The van der Waals surface area contributed by atoms with Gasteiger partial charge in [0.15, 0.2) is 5.75 Å². The van der Waals surface area contributed by atoms with Gasteiger partial charge in [0.05, 0.1) is 24.1 Å². The summed E-state index contributed by atoms with van der Waals surface area (Å²) in [5.74, 6) is 0.789. The van der Waals surface area contributed by atoms with Gasteiger partial charge in [-0.2, -0.15) is 0 Å². The number of rotatable bonds is 5. The lowest BCUT2D eigenvalue weighted by Crippen LogP contribution is -2.45. The normalized spacial score (nSPS) is 18.3. The molecule has 1 aliphatic heterocycles. The molecule has 7 heteroatoms. The number of benzene rings is 2. The Bertz CT molecular complexity index is 1080. The Balaban J connectivity index is 1.49. The van der Waals surface area contributed by atoms with E-state index in [0.717, 1.165) is 35.6 Å². The molecule has 1 N–H and O–H groups in total. The van der Waals surface area contributed by atoms with Gasteiger partial charge in [0.25, 0.3) is 5.91 Å². The number of hydrogen-bond donors (Lipinski definition) is 1. The van der Waals surface area contributed by atoms with E-state index < -0.39 is 0 Å². The van der Waals surface area contributed by atoms with Crippen LogP contribution in [0.15, 0.2) is 60.8 Å². The highest BCUT2D eigenvalue weighted by atomic mass is 19.3. The zero-order valence-electron chi connectivity index (χ0n) is 18.3. The zero-order chi connectivity index (χ0) is 22.7. The average Bonchev–Trinajstić information content (AvgIpc) is 2.79. The largest absolute Gasteiger partial charge is 0.372 e. The Morgan fingerprint density at radius 1 is 1.09 bits per heavy atom. The summed E-state index contributed by atoms with van der Waals surface area (Å²) in [5.41, 5.74) is 3.79. The molecule has 0 unspecified atom stereocenters. The second-order valence-electron chi connectivity index (χ2n) is 8.10. The van der Waals surface area contributed by atoms with Gasteiger partial charge in [0.1, 0.15) is 5.82 Å². The first-order valence-electron chi connectivity index (χ1n) is 10.6. The van der Waals surface area contributed by atoms with Gasteiger partial charge in [-0.3, -0.25) is 9.74 Å². The third kappa shape index (κ3) is 4.73. The Morgan fingerprint density at radius 3 is 2.44 bits per heavy atom. The number of aromatic nitrogens is 1. The fourth-order valence-electron chi connectivity index (χ4n) is 4.09. The third-order valence-electron chi connectivity index (χ3n) is 5.58. The van der Waals surface area contributed by atoms with E-state index in [1.807, 2.05) is 31.2 Å². The molecular formula is C25H26FN3O3. The average molecular weight is 435 g/mol. The number of pyridine rings is 1. The molecule has 1 aromatic heterocycles. The molecule has 3 aromatic rings. The van der Waals surface area contributed by atoms with Crippen molar-refractivity contribution >= 4 is 17.4 Å². The van der Waals surface area contributed by atoms with Gasteiger partial charge in [-0.25, -0.2) is 4.98 Å². The lowest BCUT2D eigenvalue weighted by atomic mass is 9.96. The second-order valence-corrected chi connectivity index (χ2v) is 8.10. The molecule has 2 atom stereocenters. The minimum absolute atomic E-state index is 0.136. The smallest absolute Gasteiger partial charge is 0.255 e. The van der Waals surface area contributed by atoms with Crippen LogP contribution in [0.1, 0.15) is 29.8 Å². The molecule has 6 nitrogen and oxygen atoms in total. The number of carbonyl (C=O) groups excluding carboxylic acids is 1. The summed E-state index contributed by atoms with van der Waals surface area (Å²) < 4.78 is 18.1. The van der Waals surface area contributed by atoms with Crippen molar-refractivity contribution in [2.24, 2.45) is 0 Å². The Kier molecular flexibility index (Phi) is 6.37. The summed E-state index contributed by atoms with van der Waals surface area (Å²) in [6.07, 6.45) is 1.97. The van der Waals surface area contributed by atoms with E-state index in [1.165, 1.54) is 0 Å². The first-order chi connectivity index (χ1) is 15.4. The van der Waals surface area contributed by atoms with Gasteiger partial charge < -0.3 is 15.0 Å². The van der Waals surface area contributed by atoms with Gasteiger partial charge in [-0.1, -0.05) is 24.3 Å². The number of morpholine rings is 1. The number of halogens is 1. The number of nitrogens with zero attached hydrogens (tertiary/aromatic N) is 2. The second kappa shape index (κ2) is 9.36. The van der Waals surface area contributed by atoms with Crippen LogP contribution in [0.25, 0.3) is 11.1 Å². The monoisotopic (exact) mass is 435 g/mol. The van der Waals surface area contributed by atoms with Gasteiger partial charge in [0.2, 0.25) is 0 Å². The highest BCUT2D eigenvalue weighted by Gasteiger charge is 2.23. The van der Waals surface area contributed by atoms with Crippen LogP contribution >= 0.6 is 0 Å². The third-order valence-corrected chi connectivity index (χ3v) is 5.58. The van der Waals surface area contributed by atoms with Gasteiger partial charge >= 0.3 is 0 Å². The van der Waals surface area contributed by atoms with E-state index in [9.17, 15) is 9.32 Å². The molecule has 32 heavy (non-hydrogen) atoms. The molecule has 166 valence electrons. The molecule has 0 aliphatic carbocycles. The van der Waals surface area contributed by atoms with Crippen molar-refractivity contribution in [1.82, 2.24) is 4.98 Å². The predicted molar refractivity (Wildman–Crippen MR) is 123 cm³/mol. The summed E-state index contributed by atoms with van der Waals surface area (Å²) >= 11 is 0. The summed E-state index contributed by atoms with van der Waals surface area (Å²) in [5, 5.41) is 2.93. The molecule has 0 saturated carbocycles. The molecule has 1 saturated heterocycles. The first kappa shape index (κ1) is 21.8. The topological polar surface area (TPSA) is 63.7 Å². The van der Waals surface area contributed by atoms with E-state index in [1.54, 1.807) is 36.5 Å². The number of carbonyl (C=O) groups is 1. The Labute approximate surface area is 186 Å². The van der Waals surface area contributed by atoms with Crippen molar-refractivity contribution in [3.05, 3.63) is 71.9 Å². The lowest BCUT2D eigenvalue weighted by Gasteiger charge is -2.36. The SMILES string of the molecule is Cc1c(C(=O)Nc2ccc(N3C[C@@H](C)O[C@@H](C)C3)nc2)cccc1-c1ccc(OF)cc1. The van der Waals surface area contributed by atoms with Crippen molar-refractivity contribution in [3.63, 3.8) is 0 Å². The first-order valence-corrected chi connectivity index (χ1v) is 10.6. The minimum atomic E-state index is -0.212. The van der Waals surface area contributed by atoms with Crippen LogP contribution in [-0.4, -0.2) is 36.2 Å². The van der Waals surface area contributed by atoms with Crippen molar-refractivity contribution in [1.29, 1.82) is 0 Å². The quantitative estimate of drug-likeness (QED) is 0.598. The molecule has 0 bridgehead atoms. The number of hydrogen-bond acceptors (Lipinski definition) is 5. The van der Waals surface area contributed by atoms with Crippen LogP contribution in [-0.2, 0) is 4.74 Å². The van der Waals surface area contributed by atoms with E-state index in [4.69, 9.17) is 4.74 Å². The van der Waals surface area contributed by atoms with Crippen molar-refractivity contribution in [2.75, 3.05) is 23.3 Å². The van der Waals surface area contributed by atoms with Crippen molar-refractivity contribution < 1.29 is 19.0 Å². The Morgan fingerprint density at radius 2 is 1.81 bits per heavy atom. The maximum absolute atomic E-state index is 13.0. The van der Waals surface area contributed by atoms with Crippen LogP contribution in [0.4, 0.5) is 16.0 Å². The fraction of sp³-hybridized carbons (Fsp3) is 0.280. The van der Waals surface area contributed by atoms with Gasteiger partial charge in [0, 0.05) is 23.2 Å². The van der Waals surface area contributed by atoms with Crippen LogP contribution in [0.3, 0.4) is 0 Å². The summed E-state index contributed by atoms with van der Waals surface area (Å²) in [6.45, 7) is 7.57. The number of nitrogens with one attached hydrogen (secondary N) is 1. The van der Waals surface area contributed by atoms with Crippen LogP contribution in [0, 0.1) is 6.92 Å². The molecule has 0 spiro atoms. The van der Waals surface area contributed by atoms with E-state index >= 15 is 0 Å². The molecule has 1 fully saturated rings. The summed E-state index contributed by atoms with van der Waals surface area (Å²) in [7, 11) is 0. The van der Waals surface area contributed by atoms with E-state index in [-0.39, 0.29) is 23.9 Å². The minimum Gasteiger partial charge on any atom is -0.372 e. The fourth-order valence-corrected chi connectivity index (χ4v) is 4.09. The molecule has 1 amide bonds. The molecule has 4 rings (SSSR count). The van der Waals surface area contributed by atoms with Crippen LogP contribution < -0.4 is 15.2 Å². The molecule has 0 radical (unpaired) electrons. The molecular weight excluding hydrogens is 409 g/mol. The van der Waals surface area contributed by atoms with Crippen molar-refractivity contribution in [2.45, 2.75) is 33.0 Å². The zero-order valence-corrected chi connectivity index (χ0v) is 18.3. The van der Waals surface area contributed by atoms with Crippen LogP contribution in [0.5, 0.6) is 5.75 Å². The number of ether oxygens (including phenoxy) is 1.